The van der Waals surface area contributed by atoms with Gasteiger partial charge in [0.25, 0.3) is 0 Å². The number of nitrogen functional groups attached to an aromatic ring is 2. The molecular weight excluding hydrogens is 736 g/mol. The highest BCUT2D eigenvalue weighted by Crippen LogP contribution is 2.42. The third-order valence-corrected chi connectivity index (χ3v) is 10.8. The number of halogens is 3. The molecule has 6 aromatic rings. The molecule has 11 nitrogen and oxygen atoms in total. The smallest absolute Gasteiger partial charge is 0.225 e. The summed E-state index contributed by atoms with van der Waals surface area (Å²) < 4.78 is 14.6. The molecule has 51 heavy (non-hydrogen) atoms. The van der Waals surface area contributed by atoms with Gasteiger partial charge in [0.05, 0.1) is 65.5 Å². The average Bonchev–Trinajstić information content (AvgIpc) is 3.59. The number of aliphatic hydroxyl groups excluding tert-OH is 1. The predicted octanol–water partition coefficient (Wildman–Crippen LogP) is 8.74. The Hall–Kier alpha value is -4.47. The van der Waals surface area contributed by atoms with Crippen LogP contribution in [-0.4, -0.2) is 53.9 Å². The molecule has 4 aromatic heterocycles. The summed E-state index contributed by atoms with van der Waals surface area (Å²) in [6, 6.07) is 9.48. The van der Waals surface area contributed by atoms with Crippen molar-refractivity contribution in [3.63, 3.8) is 0 Å². The number of phenolic OH excluding ortho intramolecular Hbond substituents is 1. The Bertz CT molecular complexity index is 2340. The van der Waals surface area contributed by atoms with Crippen LogP contribution in [0.2, 0.25) is 10.0 Å². The first-order valence-corrected chi connectivity index (χ1v) is 17.9. The molecule has 266 valence electrons. The number of nitrogens with one attached hydrogen (secondary N) is 1. The van der Waals surface area contributed by atoms with Crippen LogP contribution >= 0.6 is 45.9 Å². The molecule has 0 unspecified atom stereocenters. The van der Waals surface area contributed by atoms with Crippen LogP contribution in [0, 0.1) is 5.82 Å². The van der Waals surface area contributed by atoms with Crippen molar-refractivity contribution in [3.05, 3.63) is 67.8 Å². The number of benzene rings is 2. The number of phenols is 1. The Morgan fingerprint density at radius 3 is 2.04 bits per heavy atom. The van der Waals surface area contributed by atoms with Gasteiger partial charge in [-0.15, -0.1) is 22.7 Å². The second-order valence-corrected chi connectivity index (χ2v) is 15.4. The zero-order valence-electron chi connectivity index (χ0n) is 28.4. The van der Waals surface area contributed by atoms with Gasteiger partial charge in [0.15, 0.2) is 23.1 Å². The van der Waals surface area contributed by atoms with E-state index in [2.05, 4.69) is 25.3 Å². The number of carbonyl (C=O) groups excluding carboxylic acids is 2. The average molecular weight is 771 g/mol. The molecule has 0 aliphatic carbocycles. The minimum absolute atomic E-state index is 0.0341. The highest BCUT2D eigenvalue weighted by Gasteiger charge is 2.25. The molecule has 0 saturated heterocycles. The summed E-state index contributed by atoms with van der Waals surface area (Å²) in [7, 11) is 0. The van der Waals surface area contributed by atoms with Crippen LogP contribution in [0.3, 0.4) is 0 Å². The van der Waals surface area contributed by atoms with Gasteiger partial charge in [0.1, 0.15) is 15.5 Å². The number of fused-ring (bicyclic) bond motifs is 2. The zero-order chi connectivity index (χ0) is 37.5. The molecule has 6 rings (SSSR count). The third-order valence-electron chi connectivity index (χ3n) is 7.62. The molecule has 0 amide bonds. The molecule has 0 aliphatic heterocycles. The van der Waals surface area contributed by atoms with Crippen molar-refractivity contribution in [3.8, 4) is 28.3 Å². The molecule has 0 bridgehead atoms. The van der Waals surface area contributed by atoms with Gasteiger partial charge in [-0.05, 0) is 38.1 Å². The zero-order valence-corrected chi connectivity index (χ0v) is 31.5. The van der Waals surface area contributed by atoms with Crippen LogP contribution in [0.1, 0.15) is 72.6 Å². The molecule has 0 spiro atoms. The van der Waals surface area contributed by atoms with E-state index in [1.807, 2.05) is 19.9 Å². The van der Waals surface area contributed by atoms with Gasteiger partial charge in [0.2, 0.25) is 5.95 Å². The minimum atomic E-state index is -0.847. The van der Waals surface area contributed by atoms with Gasteiger partial charge >= 0.3 is 0 Å². The van der Waals surface area contributed by atoms with Crippen LogP contribution in [0.15, 0.2) is 36.4 Å². The number of ketones is 2. The minimum Gasteiger partial charge on any atom is -0.505 e. The number of aromatic hydroxyl groups is 1. The highest BCUT2D eigenvalue weighted by atomic mass is 35.5. The largest absolute Gasteiger partial charge is 0.505 e. The summed E-state index contributed by atoms with van der Waals surface area (Å²) in [5.74, 6) is -0.704. The van der Waals surface area contributed by atoms with E-state index in [1.54, 1.807) is 26.0 Å². The second kappa shape index (κ2) is 14.6. The first-order valence-electron chi connectivity index (χ1n) is 15.5. The Kier molecular flexibility index (Phi) is 10.8. The second-order valence-electron chi connectivity index (χ2n) is 12.6. The van der Waals surface area contributed by atoms with Crippen molar-refractivity contribution in [2.45, 2.75) is 53.0 Å². The van der Waals surface area contributed by atoms with E-state index in [0.29, 0.717) is 57.4 Å². The number of rotatable bonds is 8. The van der Waals surface area contributed by atoms with E-state index in [-0.39, 0.29) is 47.0 Å². The van der Waals surface area contributed by atoms with Gasteiger partial charge < -0.3 is 27.0 Å². The van der Waals surface area contributed by atoms with Gasteiger partial charge in [-0.1, -0.05) is 49.2 Å². The van der Waals surface area contributed by atoms with Crippen LogP contribution in [0.25, 0.3) is 42.9 Å². The number of thiophene rings is 2. The molecular formula is C35H34Cl2FN7O4S2. The Balaban J connectivity index is 0.000000199. The number of hydrogen-bond acceptors (Lipinski definition) is 13. The molecule has 0 saturated carbocycles. The standard InChI is InChI=1S/C18H19FN4O3S.C17H15Cl2N3OS/c1-8(25)15-13(20)11-14(9-5-4-6-10(26)12(9)19)21-17(22-16(11)27-15)23-18(2,3)7-24;1-7(2)16-21-14(9-4-5-10(18)11(19)6-9)12-13(20)15(8(3)23)24-17(12)22-16/h4-6,24,26H,7,20H2,1-3H3,(H,21,22,23);4-7H,20H2,1-3H3. The lowest BCUT2D eigenvalue weighted by atomic mass is 10.1. The van der Waals surface area contributed by atoms with E-state index < -0.39 is 17.1 Å². The fraction of sp³-hybridized carbons (Fsp3) is 0.257. The number of aromatic nitrogens is 4. The number of anilines is 3. The van der Waals surface area contributed by atoms with E-state index in [1.165, 1.54) is 43.4 Å². The van der Waals surface area contributed by atoms with Gasteiger partial charge in [-0.2, -0.15) is 0 Å². The van der Waals surface area contributed by atoms with Crippen molar-refractivity contribution in [2.75, 3.05) is 23.4 Å². The molecule has 0 atom stereocenters. The predicted molar refractivity (Wildman–Crippen MR) is 205 cm³/mol. The number of hydrogen-bond donors (Lipinski definition) is 5. The van der Waals surface area contributed by atoms with Crippen molar-refractivity contribution < 1.29 is 24.2 Å². The van der Waals surface area contributed by atoms with Crippen molar-refractivity contribution in [1.29, 1.82) is 0 Å². The van der Waals surface area contributed by atoms with E-state index in [9.17, 15) is 24.2 Å². The fourth-order valence-corrected chi connectivity index (χ4v) is 7.27. The van der Waals surface area contributed by atoms with Gasteiger partial charge in [0, 0.05) is 30.9 Å². The summed E-state index contributed by atoms with van der Waals surface area (Å²) in [5, 5.41) is 24.2. The Morgan fingerprint density at radius 1 is 0.902 bits per heavy atom. The fourth-order valence-electron chi connectivity index (χ4n) is 4.99. The maximum Gasteiger partial charge on any atom is 0.225 e. The number of aliphatic hydroxyl groups is 1. The van der Waals surface area contributed by atoms with Crippen LogP contribution < -0.4 is 16.8 Å². The van der Waals surface area contributed by atoms with Crippen molar-refractivity contribution in [1.82, 2.24) is 19.9 Å². The molecule has 4 heterocycles. The van der Waals surface area contributed by atoms with Crippen molar-refractivity contribution >= 4 is 95.2 Å². The normalized spacial score (nSPS) is 11.6. The third kappa shape index (κ3) is 7.60. The number of carbonyl (C=O) groups is 2. The lowest BCUT2D eigenvalue weighted by Gasteiger charge is -2.23. The number of nitrogens with zero attached hydrogens (tertiary/aromatic N) is 4. The van der Waals surface area contributed by atoms with Crippen LogP contribution in [0.5, 0.6) is 5.75 Å². The SMILES string of the molecule is CC(=O)c1sc2nc(C(C)C)nc(-c3ccc(Cl)c(Cl)c3)c2c1N.CC(=O)c1sc2nc(NC(C)(C)CO)nc(-c3cccc(O)c3F)c2c1N. The Morgan fingerprint density at radius 2 is 1.49 bits per heavy atom. The number of Topliss-reactive ketones (excluding diaryl/α,β-unsaturated/α-hetero) is 2. The summed E-state index contributed by atoms with van der Waals surface area (Å²) in [4.78, 5) is 43.7. The van der Waals surface area contributed by atoms with E-state index in [4.69, 9.17) is 34.7 Å². The maximum atomic E-state index is 14.6. The van der Waals surface area contributed by atoms with Gasteiger partial charge in [-0.25, -0.2) is 24.3 Å². The monoisotopic (exact) mass is 769 g/mol. The van der Waals surface area contributed by atoms with E-state index >= 15 is 0 Å². The van der Waals surface area contributed by atoms with Crippen LogP contribution in [0.4, 0.5) is 21.7 Å². The maximum absolute atomic E-state index is 14.6. The van der Waals surface area contributed by atoms with E-state index in [0.717, 1.165) is 16.9 Å². The molecule has 0 aliphatic rings. The molecule has 0 radical (unpaired) electrons. The molecule has 7 N–H and O–H groups in total. The summed E-state index contributed by atoms with van der Waals surface area (Å²) in [6.07, 6.45) is 0. The molecule has 0 fully saturated rings. The first-order chi connectivity index (χ1) is 23.9. The topological polar surface area (TPSA) is 190 Å². The highest BCUT2D eigenvalue weighted by molar-refractivity contribution is 7.21. The summed E-state index contributed by atoms with van der Waals surface area (Å²) in [6.45, 7) is 10.2. The quantitative estimate of drug-likeness (QED) is 0.0931. The molecule has 16 heteroatoms. The Labute approximate surface area is 310 Å². The summed E-state index contributed by atoms with van der Waals surface area (Å²) in [5.41, 5.74) is 13.9. The summed E-state index contributed by atoms with van der Waals surface area (Å²) >= 11 is 14.5. The van der Waals surface area contributed by atoms with Crippen LogP contribution in [-0.2, 0) is 0 Å². The lowest BCUT2D eigenvalue weighted by molar-refractivity contribution is 0.101. The van der Waals surface area contributed by atoms with Gasteiger partial charge in [-0.3, -0.25) is 9.59 Å². The number of nitrogens with two attached hydrogens (primary N) is 2. The molecule has 2 aromatic carbocycles. The lowest BCUT2D eigenvalue weighted by Crippen LogP contribution is -2.35. The first kappa shape index (κ1) is 37.8. The van der Waals surface area contributed by atoms with Crippen molar-refractivity contribution in [2.24, 2.45) is 0 Å².